The van der Waals surface area contributed by atoms with Gasteiger partial charge in [-0.1, -0.05) is 44.2 Å². The molecule has 98 valence electrons. The van der Waals surface area contributed by atoms with Crippen molar-refractivity contribution in [1.82, 2.24) is 10.3 Å². The second kappa shape index (κ2) is 5.08. The van der Waals surface area contributed by atoms with Gasteiger partial charge in [-0.25, -0.2) is 5.84 Å². The van der Waals surface area contributed by atoms with Gasteiger partial charge in [-0.15, -0.1) is 0 Å². The summed E-state index contributed by atoms with van der Waals surface area (Å²) in [7, 11) is 0. The lowest BCUT2D eigenvalue weighted by atomic mass is 9.93. The molecule has 0 spiro atoms. The Morgan fingerprint density at radius 2 is 2.06 bits per heavy atom. The van der Waals surface area contributed by atoms with Gasteiger partial charge in [0.1, 0.15) is 6.04 Å². The number of hydrogen-bond acceptors (Lipinski definition) is 3. The zero-order valence-corrected chi connectivity index (χ0v) is 11.0. The Balaban J connectivity index is 2.25. The SMILES string of the molecule is CC1(C)CCN(C(C(=O)NN)c2ccccc2)C1. The highest BCUT2D eigenvalue weighted by atomic mass is 16.2. The van der Waals surface area contributed by atoms with Crippen LogP contribution in [0.5, 0.6) is 0 Å². The number of hydrogen-bond donors (Lipinski definition) is 2. The Labute approximate surface area is 108 Å². The highest BCUT2D eigenvalue weighted by Crippen LogP contribution is 2.34. The number of nitrogens with zero attached hydrogens (tertiary/aromatic N) is 1. The molecule has 0 saturated carbocycles. The summed E-state index contributed by atoms with van der Waals surface area (Å²) in [4.78, 5) is 14.2. The van der Waals surface area contributed by atoms with Gasteiger partial charge in [0.05, 0.1) is 0 Å². The van der Waals surface area contributed by atoms with Gasteiger partial charge in [-0.05, 0) is 23.9 Å². The molecule has 2 rings (SSSR count). The zero-order valence-electron chi connectivity index (χ0n) is 11.0. The van der Waals surface area contributed by atoms with Gasteiger partial charge in [0.25, 0.3) is 5.91 Å². The fourth-order valence-electron chi connectivity index (χ4n) is 2.62. The molecule has 1 aliphatic rings. The molecule has 1 atom stereocenters. The quantitative estimate of drug-likeness (QED) is 0.483. The summed E-state index contributed by atoms with van der Waals surface area (Å²) in [5.41, 5.74) is 3.55. The Kier molecular flexibility index (Phi) is 3.68. The number of amides is 1. The summed E-state index contributed by atoms with van der Waals surface area (Å²) >= 11 is 0. The molecule has 3 N–H and O–H groups in total. The molecule has 0 aromatic heterocycles. The van der Waals surface area contributed by atoms with E-state index >= 15 is 0 Å². The van der Waals surface area contributed by atoms with Crippen molar-refractivity contribution < 1.29 is 4.79 Å². The molecular weight excluding hydrogens is 226 g/mol. The van der Waals surface area contributed by atoms with Crippen LogP contribution in [0.2, 0.25) is 0 Å². The number of likely N-dealkylation sites (tertiary alicyclic amines) is 1. The lowest BCUT2D eigenvalue weighted by Gasteiger charge is -2.28. The molecule has 1 saturated heterocycles. The lowest BCUT2D eigenvalue weighted by molar-refractivity contribution is -0.126. The van der Waals surface area contributed by atoms with E-state index in [-0.39, 0.29) is 17.4 Å². The molecule has 1 unspecified atom stereocenters. The van der Waals surface area contributed by atoms with Crippen LogP contribution in [0.25, 0.3) is 0 Å². The number of hydrazine groups is 1. The molecule has 1 aliphatic heterocycles. The first-order valence-corrected chi connectivity index (χ1v) is 6.33. The normalized spacial score (nSPS) is 20.6. The zero-order chi connectivity index (χ0) is 13.2. The standard InChI is InChI=1S/C14H21N3O/c1-14(2)8-9-17(10-14)12(13(18)16-15)11-6-4-3-5-7-11/h3-7,12H,8-10,15H2,1-2H3,(H,16,18). The monoisotopic (exact) mass is 247 g/mol. The molecule has 4 nitrogen and oxygen atoms in total. The van der Waals surface area contributed by atoms with Gasteiger partial charge in [-0.3, -0.25) is 15.1 Å². The van der Waals surface area contributed by atoms with E-state index in [1.54, 1.807) is 0 Å². The Bertz CT molecular complexity index is 416. The Morgan fingerprint density at radius 1 is 1.39 bits per heavy atom. The molecule has 0 aliphatic carbocycles. The smallest absolute Gasteiger partial charge is 0.255 e. The minimum Gasteiger partial charge on any atom is -0.293 e. The number of carbonyl (C=O) groups is 1. The van der Waals surface area contributed by atoms with E-state index in [1.807, 2.05) is 30.3 Å². The van der Waals surface area contributed by atoms with Crippen LogP contribution in [-0.4, -0.2) is 23.9 Å². The van der Waals surface area contributed by atoms with Crippen molar-refractivity contribution in [3.63, 3.8) is 0 Å². The number of benzene rings is 1. The summed E-state index contributed by atoms with van der Waals surface area (Å²) < 4.78 is 0. The second-order valence-electron chi connectivity index (χ2n) is 5.71. The minimum atomic E-state index is -0.280. The van der Waals surface area contributed by atoms with E-state index < -0.39 is 0 Å². The Morgan fingerprint density at radius 3 is 2.56 bits per heavy atom. The van der Waals surface area contributed by atoms with Crippen LogP contribution in [0.15, 0.2) is 30.3 Å². The van der Waals surface area contributed by atoms with E-state index in [4.69, 9.17) is 5.84 Å². The van der Waals surface area contributed by atoms with Crippen LogP contribution in [0.1, 0.15) is 31.9 Å². The lowest BCUT2D eigenvalue weighted by Crippen LogP contribution is -2.42. The minimum absolute atomic E-state index is 0.140. The predicted molar refractivity (Wildman–Crippen MR) is 71.5 cm³/mol. The van der Waals surface area contributed by atoms with Gasteiger partial charge in [0.15, 0.2) is 0 Å². The third-order valence-corrected chi connectivity index (χ3v) is 3.58. The summed E-state index contributed by atoms with van der Waals surface area (Å²) in [5, 5.41) is 0. The number of nitrogens with one attached hydrogen (secondary N) is 1. The number of carbonyl (C=O) groups excluding carboxylic acids is 1. The summed E-state index contributed by atoms with van der Waals surface area (Å²) in [6.45, 7) is 6.31. The molecule has 1 heterocycles. The van der Waals surface area contributed by atoms with Crippen LogP contribution < -0.4 is 11.3 Å². The molecule has 0 bridgehead atoms. The summed E-state index contributed by atoms with van der Waals surface area (Å²) in [6.07, 6.45) is 1.11. The van der Waals surface area contributed by atoms with Crippen LogP contribution in [0, 0.1) is 5.41 Å². The highest BCUT2D eigenvalue weighted by molar-refractivity contribution is 5.82. The third-order valence-electron chi connectivity index (χ3n) is 3.58. The summed E-state index contributed by atoms with van der Waals surface area (Å²) in [5.74, 6) is 5.18. The van der Waals surface area contributed by atoms with E-state index in [2.05, 4.69) is 24.2 Å². The fraction of sp³-hybridized carbons (Fsp3) is 0.500. The van der Waals surface area contributed by atoms with Crippen LogP contribution >= 0.6 is 0 Å². The van der Waals surface area contributed by atoms with E-state index in [1.165, 1.54) is 0 Å². The highest BCUT2D eigenvalue weighted by Gasteiger charge is 2.36. The maximum atomic E-state index is 12.0. The van der Waals surface area contributed by atoms with Crippen molar-refractivity contribution in [2.75, 3.05) is 13.1 Å². The van der Waals surface area contributed by atoms with Crippen molar-refractivity contribution in [2.24, 2.45) is 11.3 Å². The van der Waals surface area contributed by atoms with Gasteiger partial charge < -0.3 is 0 Å². The van der Waals surface area contributed by atoms with E-state index in [9.17, 15) is 4.79 Å². The van der Waals surface area contributed by atoms with Crippen molar-refractivity contribution in [1.29, 1.82) is 0 Å². The molecule has 1 aromatic rings. The molecule has 4 heteroatoms. The first-order valence-electron chi connectivity index (χ1n) is 6.33. The van der Waals surface area contributed by atoms with Crippen molar-refractivity contribution in [2.45, 2.75) is 26.3 Å². The van der Waals surface area contributed by atoms with Gasteiger partial charge in [0, 0.05) is 6.54 Å². The van der Waals surface area contributed by atoms with Crippen molar-refractivity contribution >= 4 is 5.91 Å². The number of rotatable bonds is 3. The molecule has 1 amide bonds. The van der Waals surface area contributed by atoms with Crippen molar-refractivity contribution in [3.8, 4) is 0 Å². The maximum Gasteiger partial charge on any atom is 0.255 e. The molecule has 18 heavy (non-hydrogen) atoms. The maximum absolute atomic E-state index is 12.0. The van der Waals surface area contributed by atoms with Gasteiger partial charge >= 0.3 is 0 Å². The molecule has 0 radical (unpaired) electrons. The topological polar surface area (TPSA) is 58.4 Å². The van der Waals surface area contributed by atoms with Crippen LogP contribution in [0.4, 0.5) is 0 Å². The molecule has 1 aromatic carbocycles. The number of nitrogens with two attached hydrogens (primary N) is 1. The van der Waals surface area contributed by atoms with Gasteiger partial charge in [0.2, 0.25) is 0 Å². The third kappa shape index (κ3) is 2.71. The fourth-order valence-corrected chi connectivity index (χ4v) is 2.62. The molecular formula is C14H21N3O. The first-order chi connectivity index (χ1) is 8.53. The first kappa shape index (κ1) is 13.1. The average molecular weight is 247 g/mol. The predicted octanol–water partition coefficient (Wildman–Crippen LogP) is 1.45. The average Bonchev–Trinajstić information content (AvgIpc) is 2.71. The van der Waals surface area contributed by atoms with Crippen molar-refractivity contribution in [3.05, 3.63) is 35.9 Å². The van der Waals surface area contributed by atoms with E-state index in [0.717, 1.165) is 25.1 Å². The van der Waals surface area contributed by atoms with Crippen LogP contribution in [-0.2, 0) is 4.79 Å². The Hall–Kier alpha value is -1.39. The molecule has 1 fully saturated rings. The summed E-state index contributed by atoms with van der Waals surface area (Å²) in [6, 6.07) is 9.53. The largest absolute Gasteiger partial charge is 0.293 e. The van der Waals surface area contributed by atoms with E-state index in [0.29, 0.717) is 0 Å². The van der Waals surface area contributed by atoms with Crippen LogP contribution in [0.3, 0.4) is 0 Å². The van der Waals surface area contributed by atoms with Gasteiger partial charge in [-0.2, -0.15) is 0 Å². The second-order valence-corrected chi connectivity index (χ2v) is 5.71.